The smallest absolute Gasteiger partial charge is 0.317 e. The van der Waals surface area contributed by atoms with Crippen LogP contribution in [0, 0.1) is 0 Å². The van der Waals surface area contributed by atoms with Crippen molar-refractivity contribution < 1.29 is 9.90 Å². The third kappa shape index (κ3) is 3.97. The minimum Gasteiger partial charge on any atom is -0.394 e. The highest BCUT2D eigenvalue weighted by Gasteiger charge is 2.27. The van der Waals surface area contributed by atoms with Crippen LogP contribution in [0.3, 0.4) is 0 Å². The van der Waals surface area contributed by atoms with Crippen LogP contribution in [0.15, 0.2) is 18.2 Å². The van der Waals surface area contributed by atoms with E-state index >= 15 is 0 Å². The van der Waals surface area contributed by atoms with Crippen LogP contribution >= 0.6 is 23.2 Å². The van der Waals surface area contributed by atoms with E-state index in [1.54, 1.807) is 20.0 Å². The van der Waals surface area contributed by atoms with Gasteiger partial charge in [-0.3, -0.25) is 0 Å². The average molecular weight is 346 g/mol. The van der Waals surface area contributed by atoms with Gasteiger partial charge in [-0.25, -0.2) is 4.79 Å². The van der Waals surface area contributed by atoms with E-state index in [0.717, 1.165) is 18.7 Å². The topological polar surface area (TPSA) is 55.8 Å². The number of nitrogens with zero attached hydrogens (tertiary/aromatic N) is 2. The molecule has 0 aliphatic carbocycles. The summed E-state index contributed by atoms with van der Waals surface area (Å²) in [4.78, 5) is 15.7. The lowest BCUT2D eigenvalue weighted by atomic mass is 10.2. The number of urea groups is 1. The van der Waals surface area contributed by atoms with E-state index in [4.69, 9.17) is 28.3 Å². The lowest BCUT2D eigenvalue weighted by Crippen LogP contribution is -2.48. The normalized spacial score (nSPS) is 19.1. The molecule has 2 atom stereocenters. The number of likely N-dealkylation sites (N-methyl/N-ethyl adjacent to an activating group) is 1. The van der Waals surface area contributed by atoms with Crippen molar-refractivity contribution >= 4 is 34.9 Å². The fraction of sp³-hybridized carbons (Fsp3) is 0.533. The maximum absolute atomic E-state index is 12.1. The Morgan fingerprint density at radius 3 is 2.91 bits per heavy atom. The number of nitrogens with one attached hydrogen (secondary N) is 1. The summed E-state index contributed by atoms with van der Waals surface area (Å²) >= 11 is 12.1. The summed E-state index contributed by atoms with van der Waals surface area (Å²) in [7, 11) is 1.68. The Labute approximate surface area is 140 Å². The molecule has 0 aromatic heterocycles. The second-order valence-electron chi connectivity index (χ2n) is 5.62. The van der Waals surface area contributed by atoms with Crippen molar-refractivity contribution in [1.29, 1.82) is 0 Å². The number of rotatable bonds is 4. The van der Waals surface area contributed by atoms with Gasteiger partial charge < -0.3 is 20.2 Å². The molecule has 1 fully saturated rings. The van der Waals surface area contributed by atoms with E-state index < -0.39 is 0 Å². The summed E-state index contributed by atoms with van der Waals surface area (Å²) in [5.41, 5.74) is 0.930. The van der Waals surface area contributed by atoms with Crippen molar-refractivity contribution in [3.05, 3.63) is 28.2 Å². The van der Waals surface area contributed by atoms with E-state index in [1.807, 2.05) is 12.1 Å². The van der Waals surface area contributed by atoms with Gasteiger partial charge in [-0.15, -0.1) is 0 Å². The maximum atomic E-state index is 12.1. The van der Waals surface area contributed by atoms with Crippen LogP contribution in [0.25, 0.3) is 0 Å². The van der Waals surface area contributed by atoms with E-state index in [1.165, 1.54) is 4.90 Å². The third-order valence-corrected chi connectivity index (χ3v) is 4.55. The van der Waals surface area contributed by atoms with Crippen molar-refractivity contribution in [1.82, 2.24) is 10.2 Å². The molecule has 1 unspecified atom stereocenters. The van der Waals surface area contributed by atoms with Crippen LogP contribution in [-0.4, -0.2) is 54.9 Å². The van der Waals surface area contributed by atoms with Crippen LogP contribution in [0.4, 0.5) is 10.5 Å². The van der Waals surface area contributed by atoms with Crippen molar-refractivity contribution in [3.63, 3.8) is 0 Å². The van der Waals surface area contributed by atoms with E-state index in [9.17, 15) is 4.79 Å². The standard InChI is InChI=1S/C15H21Cl2N3O2/c1-10(9-21)19(2)15(22)18-12-5-6-20(8-12)14-4-3-11(16)7-13(14)17/h3-4,7,10,12,21H,5-6,8-9H2,1-2H3,(H,18,22)/t10-,12?/m0/s1. The maximum Gasteiger partial charge on any atom is 0.317 e. The molecule has 1 saturated heterocycles. The van der Waals surface area contributed by atoms with Gasteiger partial charge in [0.05, 0.1) is 23.4 Å². The number of aliphatic hydroxyl groups is 1. The lowest BCUT2D eigenvalue weighted by molar-refractivity contribution is 0.155. The summed E-state index contributed by atoms with van der Waals surface area (Å²) in [5.74, 6) is 0. The Hall–Kier alpha value is -1.17. The molecule has 7 heteroatoms. The molecule has 1 aliphatic heterocycles. The van der Waals surface area contributed by atoms with Crippen LogP contribution in [-0.2, 0) is 0 Å². The number of amides is 2. The molecule has 122 valence electrons. The van der Waals surface area contributed by atoms with Crippen LogP contribution in [0.1, 0.15) is 13.3 Å². The number of aliphatic hydroxyl groups excluding tert-OH is 1. The highest BCUT2D eigenvalue weighted by atomic mass is 35.5. The van der Waals surface area contributed by atoms with Gasteiger partial charge >= 0.3 is 6.03 Å². The summed E-state index contributed by atoms with van der Waals surface area (Å²) in [6, 6.07) is 5.12. The van der Waals surface area contributed by atoms with Gasteiger partial charge in [0.25, 0.3) is 0 Å². The lowest BCUT2D eigenvalue weighted by Gasteiger charge is -2.26. The van der Waals surface area contributed by atoms with Gasteiger partial charge in [-0.2, -0.15) is 0 Å². The summed E-state index contributed by atoms with van der Waals surface area (Å²) in [5, 5.41) is 13.3. The molecule has 5 nitrogen and oxygen atoms in total. The summed E-state index contributed by atoms with van der Waals surface area (Å²) < 4.78 is 0. The van der Waals surface area contributed by atoms with Crippen LogP contribution in [0.2, 0.25) is 10.0 Å². The zero-order valence-corrected chi connectivity index (χ0v) is 14.2. The molecule has 2 amide bonds. The summed E-state index contributed by atoms with van der Waals surface area (Å²) in [6.45, 7) is 3.27. The number of carbonyl (C=O) groups excluding carboxylic acids is 1. The van der Waals surface area contributed by atoms with Gasteiger partial charge in [0.1, 0.15) is 0 Å². The first-order chi connectivity index (χ1) is 10.4. The zero-order valence-electron chi connectivity index (χ0n) is 12.7. The van der Waals surface area contributed by atoms with Crippen molar-refractivity contribution in [3.8, 4) is 0 Å². The fourth-order valence-electron chi connectivity index (χ4n) is 2.43. The Morgan fingerprint density at radius 2 is 2.27 bits per heavy atom. The van der Waals surface area contributed by atoms with E-state index in [-0.39, 0.29) is 24.7 Å². The largest absolute Gasteiger partial charge is 0.394 e. The Bertz CT molecular complexity index is 542. The molecular weight excluding hydrogens is 325 g/mol. The minimum atomic E-state index is -0.205. The molecule has 0 saturated carbocycles. The number of benzene rings is 1. The predicted molar refractivity (Wildman–Crippen MR) is 89.9 cm³/mol. The Balaban J connectivity index is 1.94. The molecule has 2 N–H and O–H groups in total. The van der Waals surface area contributed by atoms with Gasteiger partial charge in [0.15, 0.2) is 0 Å². The number of hydrogen-bond donors (Lipinski definition) is 2. The highest BCUT2D eigenvalue weighted by molar-refractivity contribution is 6.36. The molecule has 1 aliphatic rings. The predicted octanol–water partition coefficient (Wildman–Crippen LogP) is 2.59. The summed E-state index contributed by atoms with van der Waals surface area (Å²) in [6.07, 6.45) is 0.853. The first-order valence-corrected chi connectivity index (χ1v) is 8.02. The van der Waals surface area contributed by atoms with Crippen molar-refractivity contribution in [2.24, 2.45) is 0 Å². The quantitative estimate of drug-likeness (QED) is 0.881. The monoisotopic (exact) mass is 345 g/mol. The van der Waals surface area contributed by atoms with Gasteiger partial charge in [0.2, 0.25) is 0 Å². The Morgan fingerprint density at radius 1 is 1.55 bits per heavy atom. The molecule has 0 bridgehead atoms. The minimum absolute atomic E-state index is 0.0545. The molecule has 1 aromatic carbocycles. The molecular formula is C15H21Cl2N3O2. The number of anilines is 1. The number of halogens is 2. The molecule has 2 rings (SSSR count). The number of hydrogen-bond acceptors (Lipinski definition) is 3. The SMILES string of the molecule is C[C@@H](CO)N(C)C(=O)NC1CCN(c2ccc(Cl)cc2Cl)C1. The van der Waals surface area contributed by atoms with Gasteiger partial charge in [-0.1, -0.05) is 23.2 Å². The van der Waals surface area contributed by atoms with Gasteiger partial charge in [-0.05, 0) is 31.5 Å². The van der Waals surface area contributed by atoms with E-state index in [0.29, 0.717) is 16.6 Å². The Kier molecular flexibility index (Phi) is 5.78. The molecule has 0 radical (unpaired) electrons. The first kappa shape index (κ1) is 17.2. The van der Waals surface area contributed by atoms with Crippen molar-refractivity contribution in [2.45, 2.75) is 25.4 Å². The first-order valence-electron chi connectivity index (χ1n) is 7.26. The van der Waals surface area contributed by atoms with Crippen LogP contribution < -0.4 is 10.2 Å². The van der Waals surface area contributed by atoms with E-state index in [2.05, 4.69) is 10.2 Å². The molecule has 22 heavy (non-hydrogen) atoms. The van der Waals surface area contributed by atoms with Crippen LogP contribution in [0.5, 0.6) is 0 Å². The third-order valence-electron chi connectivity index (χ3n) is 4.01. The second kappa shape index (κ2) is 7.40. The molecule has 1 aromatic rings. The second-order valence-corrected chi connectivity index (χ2v) is 6.46. The highest BCUT2D eigenvalue weighted by Crippen LogP contribution is 2.31. The molecule has 1 heterocycles. The van der Waals surface area contributed by atoms with Gasteiger partial charge in [0, 0.05) is 31.2 Å². The van der Waals surface area contributed by atoms with Crippen molar-refractivity contribution in [2.75, 3.05) is 31.6 Å². The fourth-order valence-corrected chi connectivity index (χ4v) is 2.96. The average Bonchev–Trinajstić information content (AvgIpc) is 2.93. The molecule has 0 spiro atoms. The number of carbonyl (C=O) groups is 1. The zero-order chi connectivity index (χ0) is 16.3.